The SMILES string of the molecule is N=C(N)N.O=C(O)c1cnccn1. The molecule has 0 saturated carbocycles. The molecule has 0 radical (unpaired) electrons. The molecule has 7 nitrogen and oxygen atoms in total. The first-order valence-electron chi connectivity index (χ1n) is 3.13. The number of nitrogens with zero attached hydrogens (tertiary/aromatic N) is 2. The van der Waals surface area contributed by atoms with Crippen LogP contribution >= 0.6 is 0 Å². The smallest absolute Gasteiger partial charge is 0.356 e. The Morgan fingerprint density at radius 3 is 2.23 bits per heavy atom. The van der Waals surface area contributed by atoms with E-state index in [-0.39, 0.29) is 11.7 Å². The van der Waals surface area contributed by atoms with Crippen LogP contribution in [0.15, 0.2) is 18.6 Å². The van der Waals surface area contributed by atoms with Crippen molar-refractivity contribution in [3.63, 3.8) is 0 Å². The molecule has 0 aliphatic heterocycles. The second-order valence-corrected chi connectivity index (χ2v) is 1.85. The summed E-state index contributed by atoms with van der Waals surface area (Å²) in [5, 5.41) is 14.3. The standard InChI is InChI=1S/C5H4N2O2.CH5N3/c8-5(9)4-3-6-1-2-7-4;2-1(3)4/h1-3H,(H,8,9);(H5,2,3,4). The monoisotopic (exact) mass is 183 g/mol. The minimum absolute atomic E-state index is 0.0301. The Morgan fingerprint density at radius 2 is 2.00 bits per heavy atom. The van der Waals surface area contributed by atoms with Crippen molar-refractivity contribution < 1.29 is 9.90 Å². The van der Waals surface area contributed by atoms with E-state index in [9.17, 15) is 4.79 Å². The van der Waals surface area contributed by atoms with Crippen LogP contribution in [0.1, 0.15) is 10.5 Å². The summed E-state index contributed by atoms with van der Waals surface area (Å²) in [6.07, 6.45) is 3.96. The van der Waals surface area contributed by atoms with E-state index in [4.69, 9.17) is 10.5 Å². The average molecular weight is 183 g/mol. The topological polar surface area (TPSA) is 139 Å². The second-order valence-electron chi connectivity index (χ2n) is 1.85. The first-order chi connectivity index (χ1) is 6.04. The number of nitrogens with two attached hydrogens (primary N) is 2. The average Bonchev–Trinajstić information content (AvgIpc) is 2.05. The van der Waals surface area contributed by atoms with Crippen LogP contribution in [0.3, 0.4) is 0 Å². The third-order valence-electron chi connectivity index (χ3n) is 0.782. The van der Waals surface area contributed by atoms with E-state index in [0.29, 0.717) is 0 Å². The van der Waals surface area contributed by atoms with Gasteiger partial charge in [0.2, 0.25) is 0 Å². The van der Waals surface area contributed by atoms with E-state index < -0.39 is 5.97 Å². The van der Waals surface area contributed by atoms with E-state index in [1.165, 1.54) is 18.6 Å². The van der Waals surface area contributed by atoms with Crippen molar-refractivity contribution in [2.24, 2.45) is 11.5 Å². The first-order valence-corrected chi connectivity index (χ1v) is 3.13. The Bertz CT molecular complexity index is 282. The van der Waals surface area contributed by atoms with Gasteiger partial charge in [-0.25, -0.2) is 9.78 Å². The largest absolute Gasteiger partial charge is 0.476 e. The number of nitrogens with one attached hydrogen (secondary N) is 1. The fraction of sp³-hybridized carbons (Fsp3) is 0. The molecule has 1 aromatic heterocycles. The van der Waals surface area contributed by atoms with Gasteiger partial charge >= 0.3 is 5.97 Å². The molecule has 1 rings (SSSR count). The quantitative estimate of drug-likeness (QED) is 0.325. The maximum atomic E-state index is 10.1. The number of guanidine groups is 1. The number of carbonyl (C=O) groups is 1. The minimum Gasteiger partial charge on any atom is -0.476 e. The fourth-order valence-electron chi connectivity index (χ4n) is 0.410. The third-order valence-corrected chi connectivity index (χ3v) is 0.782. The predicted molar refractivity (Wildman–Crippen MR) is 45.1 cm³/mol. The molecule has 0 saturated heterocycles. The van der Waals surface area contributed by atoms with Crippen molar-refractivity contribution in [1.82, 2.24) is 9.97 Å². The van der Waals surface area contributed by atoms with Crippen LogP contribution in [0.25, 0.3) is 0 Å². The van der Waals surface area contributed by atoms with Crippen molar-refractivity contribution in [3.05, 3.63) is 24.3 Å². The molecule has 0 aliphatic rings. The van der Waals surface area contributed by atoms with E-state index in [0.717, 1.165) is 0 Å². The van der Waals surface area contributed by atoms with Gasteiger partial charge in [-0.1, -0.05) is 0 Å². The van der Waals surface area contributed by atoms with Gasteiger partial charge in [0, 0.05) is 12.4 Å². The molecule has 0 atom stereocenters. The lowest BCUT2D eigenvalue weighted by molar-refractivity contribution is 0.0690. The number of rotatable bonds is 1. The molecule has 6 N–H and O–H groups in total. The molecule has 0 aromatic carbocycles. The Labute approximate surface area is 73.9 Å². The Morgan fingerprint density at radius 1 is 1.46 bits per heavy atom. The molecule has 0 unspecified atom stereocenters. The van der Waals surface area contributed by atoms with Crippen LogP contribution in [-0.4, -0.2) is 27.0 Å². The highest BCUT2D eigenvalue weighted by Gasteiger charge is 2.00. The van der Waals surface area contributed by atoms with E-state index >= 15 is 0 Å². The normalized spacial score (nSPS) is 8.00. The van der Waals surface area contributed by atoms with Crippen molar-refractivity contribution in [1.29, 1.82) is 5.41 Å². The van der Waals surface area contributed by atoms with Gasteiger partial charge in [0.05, 0.1) is 6.20 Å². The van der Waals surface area contributed by atoms with Crippen LogP contribution in [0.5, 0.6) is 0 Å². The van der Waals surface area contributed by atoms with Crippen molar-refractivity contribution in [2.45, 2.75) is 0 Å². The summed E-state index contributed by atoms with van der Waals surface area (Å²) >= 11 is 0. The number of aromatic nitrogens is 2. The van der Waals surface area contributed by atoms with Gasteiger partial charge in [0.25, 0.3) is 0 Å². The van der Waals surface area contributed by atoms with Crippen LogP contribution in [-0.2, 0) is 0 Å². The summed E-state index contributed by atoms with van der Waals surface area (Å²) in [7, 11) is 0. The number of hydrogen-bond acceptors (Lipinski definition) is 4. The molecule has 0 spiro atoms. The summed E-state index contributed by atoms with van der Waals surface area (Å²) in [5.41, 5.74) is 8.91. The highest BCUT2D eigenvalue weighted by Crippen LogP contribution is 1.86. The third kappa shape index (κ3) is 6.23. The fourth-order valence-corrected chi connectivity index (χ4v) is 0.410. The Balaban J connectivity index is 0.000000310. The van der Waals surface area contributed by atoms with Gasteiger partial charge in [-0.05, 0) is 0 Å². The lowest BCUT2D eigenvalue weighted by Gasteiger charge is -1.86. The molecule has 1 heterocycles. The molecule has 70 valence electrons. The number of aromatic carboxylic acids is 1. The number of carboxylic acids is 1. The molecule has 1 aromatic rings. The molecule has 0 bridgehead atoms. The summed E-state index contributed by atoms with van der Waals surface area (Å²) in [6.45, 7) is 0. The molecule has 7 heteroatoms. The van der Waals surface area contributed by atoms with Crippen LogP contribution in [0, 0.1) is 5.41 Å². The van der Waals surface area contributed by atoms with Gasteiger partial charge in [-0.15, -0.1) is 0 Å². The van der Waals surface area contributed by atoms with Crippen LogP contribution < -0.4 is 11.5 Å². The molecule has 0 fully saturated rings. The maximum absolute atomic E-state index is 10.1. The maximum Gasteiger partial charge on any atom is 0.356 e. The lowest BCUT2D eigenvalue weighted by atomic mass is 10.5. The van der Waals surface area contributed by atoms with Gasteiger partial charge in [-0.2, -0.15) is 0 Å². The zero-order valence-electron chi connectivity index (χ0n) is 6.64. The predicted octanol–water partition coefficient (Wildman–Crippen LogP) is -0.987. The van der Waals surface area contributed by atoms with E-state index in [1.807, 2.05) is 0 Å². The molecule has 0 amide bonds. The number of carboxylic acid groups (broad SMARTS) is 1. The van der Waals surface area contributed by atoms with Crippen LogP contribution in [0.4, 0.5) is 0 Å². The summed E-state index contributed by atoms with van der Waals surface area (Å²) in [5.74, 6) is -1.39. The van der Waals surface area contributed by atoms with Crippen molar-refractivity contribution in [2.75, 3.05) is 0 Å². The lowest BCUT2D eigenvalue weighted by Crippen LogP contribution is -2.20. The first kappa shape index (κ1) is 10.8. The molecule has 13 heavy (non-hydrogen) atoms. The highest BCUT2D eigenvalue weighted by atomic mass is 16.4. The molecular weight excluding hydrogens is 174 g/mol. The zero-order chi connectivity index (χ0) is 10.3. The minimum atomic E-state index is -1.05. The van der Waals surface area contributed by atoms with Crippen molar-refractivity contribution in [3.8, 4) is 0 Å². The summed E-state index contributed by atoms with van der Waals surface area (Å²) < 4.78 is 0. The van der Waals surface area contributed by atoms with E-state index in [1.54, 1.807) is 0 Å². The number of hydrogen-bond donors (Lipinski definition) is 4. The second kappa shape index (κ2) is 5.47. The summed E-state index contributed by atoms with van der Waals surface area (Å²) in [4.78, 5) is 17.2. The van der Waals surface area contributed by atoms with Gasteiger partial charge in [0.15, 0.2) is 11.7 Å². The zero-order valence-corrected chi connectivity index (χ0v) is 6.64. The Kier molecular flexibility index (Phi) is 4.55. The van der Waals surface area contributed by atoms with Crippen LogP contribution in [0.2, 0.25) is 0 Å². The van der Waals surface area contributed by atoms with Gasteiger partial charge < -0.3 is 16.6 Å². The summed E-state index contributed by atoms with van der Waals surface area (Å²) in [6, 6.07) is 0. The molecular formula is C6H9N5O2. The van der Waals surface area contributed by atoms with E-state index in [2.05, 4.69) is 21.4 Å². The van der Waals surface area contributed by atoms with Gasteiger partial charge in [0.1, 0.15) is 0 Å². The Hall–Kier alpha value is -2.18. The van der Waals surface area contributed by atoms with Gasteiger partial charge in [-0.3, -0.25) is 10.4 Å². The highest BCUT2D eigenvalue weighted by molar-refractivity contribution is 5.84. The molecule has 0 aliphatic carbocycles. The van der Waals surface area contributed by atoms with Crippen molar-refractivity contribution >= 4 is 11.9 Å².